The largest absolute Gasteiger partial charge is 0.457 e. The Morgan fingerprint density at radius 1 is 0.810 bits per heavy atom. The zero-order chi connectivity index (χ0) is 14.3. The molecule has 3 rings (SSSR count). The molecule has 0 spiro atoms. The summed E-state index contributed by atoms with van der Waals surface area (Å²) in [7, 11) is 0. The summed E-state index contributed by atoms with van der Waals surface area (Å²) in [6.45, 7) is 0.604. The maximum Gasteiger partial charge on any atom is 0.222 e. The van der Waals surface area contributed by atoms with Crippen LogP contribution >= 0.6 is 0 Å². The third-order valence-corrected chi connectivity index (χ3v) is 2.95. The first-order valence-electron chi connectivity index (χ1n) is 6.73. The number of ether oxygens (including phenoxy) is 1. The van der Waals surface area contributed by atoms with Gasteiger partial charge in [0.2, 0.25) is 5.95 Å². The van der Waals surface area contributed by atoms with Crippen molar-refractivity contribution in [2.45, 2.75) is 6.54 Å². The zero-order valence-electron chi connectivity index (χ0n) is 11.4. The van der Waals surface area contributed by atoms with E-state index < -0.39 is 0 Å². The molecular weight excluding hydrogens is 262 g/mol. The minimum atomic E-state index is 0.604. The number of aromatic nitrogens is 2. The first kappa shape index (κ1) is 13.1. The standard InChI is InChI=1S/C17H15N3O/c1-2-8-15(9-3-1)21-16-10-5-4-7-14(16)13-20-17-18-11-6-12-19-17/h1-12H,13H2,(H,18,19,20). The molecule has 0 aliphatic rings. The van der Waals surface area contributed by atoms with Crippen molar-refractivity contribution in [1.82, 2.24) is 9.97 Å². The molecule has 0 unspecified atom stereocenters. The molecule has 104 valence electrons. The van der Waals surface area contributed by atoms with Crippen molar-refractivity contribution < 1.29 is 4.74 Å². The van der Waals surface area contributed by atoms with E-state index in [-0.39, 0.29) is 0 Å². The molecule has 4 nitrogen and oxygen atoms in total. The predicted molar refractivity (Wildman–Crippen MR) is 82.3 cm³/mol. The van der Waals surface area contributed by atoms with Crippen LogP contribution in [-0.4, -0.2) is 9.97 Å². The molecular formula is C17H15N3O. The fraction of sp³-hybridized carbons (Fsp3) is 0.0588. The maximum atomic E-state index is 5.92. The summed E-state index contributed by atoms with van der Waals surface area (Å²) >= 11 is 0. The first-order valence-corrected chi connectivity index (χ1v) is 6.73. The molecule has 2 aromatic carbocycles. The Bertz CT molecular complexity index is 687. The van der Waals surface area contributed by atoms with Crippen LogP contribution in [0, 0.1) is 0 Å². The molecule has 0 aliphatic carbocycles. The molecule has 0 atom stereocenters. The van der Waals surface area contributed by atoms with Crippen molar-refractivity contribution in [1.29, 1.82) is 0 Å². The molecule has 3 aromatic rings. The van der Waals surface area contributed by atoms with Crippen molar-refractivity contribution in [2.75, 3.05) is 5.32 Å². The van der Waals surface area contributed by atoms with Gasteiger partial charge in [0.05, 0.1) is 0 Å². The molecule has 1 N–H and O–H groups in total. The van der Waals surface area contributed by atoms with Crippen LogP contribution in [0.3, 0.4) is 0 Å². The van der Waals surface area contributed by atoms with Gasteiger partial charge in [-0.2, -0.15) is 0 Å². The van der Waals surface area contributed by atoms with Crippen LogP contribution in [0.2, 0.25) is 0 Å². The van der Waals surface area contributed by atoms with Crippen LogP contribution in [-0.2, 0) is 6.54 Å². The van der Waals surface area contributed by atoms with Gasteiger partial charge in [0.15, 0.2) is 0 Å². The van der Waals surface area contributed by atoms with E-state index in [0.717, 1.165) is 17.1 Å². The molecule has 0 fully saturated rings. The van der Waals surface area contributed by atoms with Crippen molar-refractivity contribution in [3.05, 3.63) is 78.6 Å². The summed E-state index contributed by atoms with van der Waals surface area (Å²) < 4.78 is 5.92. The number of hydrogen-bond donors (Lipinski definition) is 1. The van der Waals surface area contributed by atoms with E-state index in [9.17, 15) is 0 Å². The fourth-order valence-electron chi connectivity index (χ4n) is 1.93. The smallest absolute Gasteiger partial charge is 0.222 e. The number of para-hydroxylation sites is 2. The van der Waals surface area contributed by atoms with Gasteiger partial charge in [0.25, 0.3) is 0 Å². The molecule has 4 heteroatoms. The van der Waals surface area contributed by atoms with Crippen LogP contribution in [0.25, 0.3) is 0 Å². The fourth-order valence-corrected chi connectivity index (χ4v) is 1.93. The van der Waals surface area contributed by atoms with Crippen molar-refractivity contribution in [3.8, 4) is 11.5 Å². The van der Waals surface area contributed by atoms with Crippen LogP contribution < -0.4 is 10.1 Å². The predicted octanol–water partition coefficient (Wildman–Crippen LogP) is 3.88. The number of hydrogen-bond acceptors (Lipinski definition) is 4. The summed E-state index contributed by atoms with van der Waals surface area (Å²) in [5, 5.41) is 3.18. The van der Waals surface area contributed by atoms with Crippen LogP contribution in [0.4, 0.5) is 5.95 Å². The lowest BCUT2D eigenvalue weighted by Crippen LogP contribution is -2.04. The number of nitrogens with one attached hydrogen (secondary N) is 1. The molecule has 0 bridgehead atoms. The van der Waals surface area contributed by atoms with Gasteiger partial charge in [-0.25, -0.2) is 9.97 Å². The van der Waals surface area contributed by atoms with E-state index in [4.69, 9.17) is 4.74 Å². The summed E-state index contributed by atoms with van der Waals surface area (Å²) in [6.07, 6.45) is 3.42. The number of rotatable bonds is 5. The lowest BCUT2D eigenvalue weighted by molar-refractivity contribution is 0.477. The topological polar surface area (TPSA) is 47.0 Å². The van der Waals surface area contributed by atoms with Crippen molar-refractivity contribution in [2.24, 2.45) is 0 Å². The Balaban J connectivity index is 1.73. The minimum absolute atomic E-state index is 0.604. The highest BCUT2D eigenvalue weighted by molar-refractivity contribution is 5.39. The average Bonchev–Trinajstić information content (AvgIpc) is 2.56. The van der Waals surface area contributed by atoms with Crippen molar-refractivity contribution >= 4 is 5.95 Å². The number of nitrogens with zero attached hydrogens (tertiary/aromatic N) is 2. The van der Waals surface area contributed by atoms with Crippen LogP contribution in [0.15, 0.2) is 73.1 Å². The molecule has 0 aliphatic heterocycles. The Kier molecular flexibility index (Phi) is 4.07. The highest BCUT2D eigenvalue weighted by Crippen LogP contribution is 2.25. The lowest BCUT2D eigenvalue weighted by Gasteiger charge is -2.11. The average molecular weight is 277 g/mol. The normalized spacial score (nSPS) is 10.1. The van der Waals surface area contributed by atoms with Gasteiger partial charge in [0, 0.05) is 24.5 Å². The van der Waals surface area contributed by atoms with E-state index in [1.165, 1.54) is 0 Å². The second kappa shape index (κ2) is 6.52. The van der Waals surface area contributed by atoms with E-state index >= 15 is 0 Å². The van der Waals surface area contributed by atoms with Crippen molar-refractivity contribution in [3.63, 3.8) is 0 Å². The Labute approximate surface area is 123 Å². The quantitative estimate of drug-likeness (QED) is 0.768. The van der Waals surface area contributed by atoms with E-state index in [2.05, 4.69) is 15.3 Å². The maximum absolute atomic E-state index is 5.92. The summed E-state index contributed by atoms with van der Waals surface area (Å²) in [6, 6.07) is 19.5. The first-order chi connectivity index (χ1) is 10.4. The molecule has 21 heavy (non-hydrogen) atoms. The van der Waals surface area contributed by atoms with Gasteiger partial charge in [-0.05, 0) is 24.3 Å². The minimum Gasteiger partial charge on any atom is -0.457 e. The highest BCUT2D eigenvalue weighted by Gasteiger charge is 2.04. The molecule has 0 radical (unpaired) electrons. The van der Waals surface area contributed by atoms with Crippen LogP contribution in [0.1, 0.15) is 5.56 Å². The van der Waals surface area contributed by atoms with Gasteiger partial charge in [-0.15, -0.1) is 0 Å². The van der Waals surface area contributed by atoms with E-state index in [1.807, 2.05) is 54.6 Å². The summed E-state index contributed by atoms with van der Waals surface area (Å²) in [4.78, 5) is 8.29. The molecule has 0 saturated heterocycles. The number of anilines is 1. The second-order valence-corrected chi connectivity index (χ2v) is 4.45. The van der Waals surface area contributed by atoms with E-state index in [0.29, 0.717) is 12.5 Å². The van der Waals surface area contributed by atoms with E-state index in [1.54, 1.807) is 18.5 Å². The summed E-state index contributed by atoms with van der Waals surface area (Å²) in [5.74, 6) is 2.25. The van der Waals surface area contributed by atoms with Gasteiger partial charge >= 0.3 is 0 Å². The van der Waals surface area contributed by atoms with Gasteiger partial charge in [0.1, 0.15) is 11.5 Å². The van der Waals surface area contributed by atoms with Gasteiger partial charge in [-0.1, -0.05) is 36.4 Å². The Hall–Kier alpha value is -2.88. The van der Waals surface area contributed by atoms with Crippen LogP contribution in [0.5, 0.6) is 11.5 Å². The third-order valence-electron chi connectivity index (χ3n) is 2.95. The second-order valence-electron chi connectivity index (χ2n) is 4.45. The Morgan fingerprint density at radius 2 is 1.52 bits per heavy atom. The van der Waals surface area contributed by atoms with Gasteiger partial charge in [-0.3, -0.25) is 0 Å². The lowest BCUT2D eigenvalue weighted by atomic mass is 10.2. The molecule has 0 saturated carbocycles. The Morgan fingerprint density at radius 3 is 2.33 bits per heavy atom. The zero-order valence-corrected chi connectivity index (χ0v) is 11.4. The summed E-state index contributed by atoms with van der Waals surface area (Å²) in [5.41, 5.74) is 1.05. The molecule has 1 heterocycles. The molecule has 0 amide bonds. The SMILES string of the molecule is c1ccc(Oc2ccccc2CNc2ncccn2)cc1. The number of benzene rings is 2. The third kappa shape index (κ3) is 3.57. The van der Waals surface area contributed by atoms with Gasteiger partial charge < -0.3 is 10.1 Å². The highest BCUT2D eigenvalue weighted by atomic mass is 16.5. The monoisotopic (exact) mass is 277 g/mol. The molecule has 1 aromatic heterocycles.